The Morgan fingerprint density at radius 1 is 1.15 bits per heavy atom. The zero-order valence-corrected chi connectivity index (χ0v) is 14.3. The molecule has 0 radical (unpaired) electrons. The van der Waals surface area contributed by atoms with Crippen molar-refractivity contribution in [2.75, 3.05) is 26.2 Å². The van der Waals surface area contributed by atoms with Crippen molar-refractivity contribution in [3.05, 3.63) is 35.4 Å². The maximum absolute atomic E-state index is 12.7. The van der Waals surface area contributed by atoms with Gasteiger partial charge in [-0.2, -0.15) is 13.2 Å². The number of carbonyl (C=O) groups excluding carboxylic acids is 2. The van der Waals surface area contributed by atoms with Gasteiger partial charge in [-0.1, -0.05) is 18.2 Å². The van der Waals surface area contributed by atoms with Gasteiger partial charge in [0, 0.05) is 25.0 Å². The van der Waals surface area contributed by atoms with Crippen LogP contribution in [0.2, 0.25) is 0 Å². The molecule has 1 aromatic carbocycles. The molecule has 2 aliphatic rings. The Labute approximate surface area is 149 Å². The molecule has 0 bridgehead atoms. The van der Waals surface area contributed by atoms with Gasteiger partial charge in [-0.3, -0.25) is 14.5 Å². The number of amides is 2. The van der Waals surface area contributed by atoms with E-state index in [4.69, 9.17) is 5.73 Å². The van der Waals surface area contributed by atoms with Crippen LogP contribution in [0.1, 0.15) is 24.0 Å². The number of piperidine rings is 1. The van der Waals surface area contributed by atoms with Crippen molar-refractivity contribution in [3.8, 4) is 0 Å². The van der Waals surface area contributed by atoms with Crippen LogP contribution in [0.5, 0.6) is 0 Å². The molecule has 0 spiro atoms. The second kappa shape index (κ2) is 7.26. The first-order valence-electron chi connectivity index (χ1n) is 8.71. The van der Waals surface area contributed by atoms with E-state index in [9.17, 15) is 22.8 Å². The summed E-state index contributed by atoms with van der Waals surface area (Å²) in [5, 5.41) is 0. The van der Waals surface area contributed by atoms with Crippen LogP contribution < -0.4 is 5.73 Å². The number of alkyl halides is 3. The Morgan fingerprint density at radius 3 is 2.38 bits per heavy atom. The number of primary amides is 1. The van der Waals surface area contributed by atoms with Crippen molar-refractivity contribution in [2.24, 2.45) is 11.7 Å². The summed E-state index contributed by atoms with van der Waals surface area (Å²) in [6.45, 7) is 2.74. The first kappa shape index (κ1) is 18.7. The highest BCUT2D eigenvalue weighted by Gasteiger charge is 2.37. The SMILES string of the molecule is NC(=O)C1CCN(C2CN(C(=O)Cc3cccc(C(F)(F)F)c3)C2)CC1. The van der Waals surface area contributed by atoms with Gasteiger partial charge in [-0.25, -0.2) is 0 Å². The minimum Gasteiger partial charge on any atom is -0.369 e. The van der Waals surface area contributed by atoms with E-state index in [0.717, 1.165) is 38.1 Å². The van der Waals surface area contributed by atoms with Crippen LogP contribution in [0.4, 0.5) is 13.2 Å². The summed E-state index contributed by atoms with van der Waals surface area (Å²) in [4.78, 5) is 27.4. The fourth-order valence-electron chi connectivity index (χ4n) is 3.58. The van der Waals surface area contributed by atoms with E-state index in [0.29, 0.717) is 18.7 Å². The third-order valence-electron chi connectivity index (χ3n) is 5.27. The lowest BCUT2D eigenvalue weighted by Crippen LogP contribution is -2.62. The van der Waals surface area contributed by atoms with E-state index in [1.807, 2.05) is 0 Å². The van der Waals surface area contributed by atoms with Crippen molar-refractivity contribution in [3.63, 3.8) is 0 Å². The molecule has 2 amide bonds. The Hall–Kier alpha value is -2.09. The molecular weight excluding hydrogens is 347 g/mol. The minimum absolute atomic E-state index is 0.0274. The number of halogens is 3. The molecule has 8 heteroatoms. The summed E-state index contributed by atoms with van der Waals surface area (Å²) < 4.78 is 38.2. The molecule has 1 aromatic rings. The van der Waals surface area contributed by atoms with Crippen LogP contribution in [0.3, 0.4) is 0 Å². The van der Waals surface area contributed by atoms with E-state index in [1.54, 1.807) is 11.0 Å². The summed E-state index contributed by atoms with van der Waals surface area (Å²) in [5.41, 5.74) is 4.96. The Morgan fingerprint density at radius 2 is 1.81 bits per heavy atom. The summed E-state index contributed by atoms with van der Waals surface area (Å²) in [6.07, 6.45) is -2.95. The number of hydrogen-bond donors (Lipinski definition) is 1. The highest BCUT2D eigenvalue weighted by Crippen LogP contribution is 2.30. The molecule has 5 nitrogen and oxygen atoms in total. The number of hydrogen-bond acceptors (Lipinski definition) is 3. The maximum atomic E-state index is 12.7. The van der Waals surface area contributed by atoms with Crippen molar-refractivity contribution in [1.29, 1.82) is 0 Å². The molecule has 2 saturated heterocycles. The van der Waals surface area contributed by atoms with Gasteiger partial charge in [0.1, 0.15) is 0 Å². The molecule has 0 aliphatic carbocycles. The molecule has 2 aliphatic heterocycles. The zero-order valence-electron chi connectivity index (χ0n) is 14.3. The third-order valence-corrected chi connectivity index (χ3v) is 5.27. The minimum atomic E-state index is -4.40. The van der Waals surface area contributed by atoms with E-state index in [2.05, 4.69) is 4.90 Å². The lowest BCUT2D eigenvalue weighted by atomic mass is 9.93. The highest BCUT2D eigenvalue weighted by atomic mass is 19.4. The van der Waals surface area contributed by atoms with Crippen LogP contribution in [-0.4, -0.2) is 53.8 Å². The third kappa shape index (κ3) is 4.17. The summed E-state index contributed by atoms with van der Waals surface area (Å²) >= 11 is 0. The summed E-state index contributed by atoms with van der Waals surface area (Å²) in [5.74, 6) is -0.478. The molecule has 0 aromatic heterocycles. The van der Waals surface area contributed by atoms with Crippen molar-refractivity contribution < 1.29 is 22.8 Å². The molecule has 2 fully saturated rings. The van der Waals surface area contributed by atoms with Gasteiger partial charge < -0.3 is 10.6 Å². The number of nitrogens with zero attached hydrogens (tertiary/aromatic N) is 2. The van der Waals surface area contributed by atoms with Crippen molar-refractivity contribution >= 4 is 11.8 Å². The Bertz CT molecular complexity index is 679. The molecule has 3 rings (SSSR count). The normalized spacial score (nSPS) is 20.0. The fourth-order valence-corrected chi connectivity index (χ4v) is 3.58. The Balaban J connectivity index is 1.48. The van der Waals surface area contributed by atoms with Gasteiger partial charge in [-0.05, 0) is 37.6 Å². The monoisotopic (exact) mass is 369 g/mol. The molecule has 0 atom stereocenters. The quantitative estimate of drug-likeness (QED) is 0.878. The van der Waals surface area contributed by atoms with Crippen LogP contribution >= 0.6 is 0 Å². The summed E-state index contributed by atoms with van der Waals surface area (Å²) in [7, 11) is 0. The smallest absolute Gasteiger partial charge is 0.369 e. The molecule has 0 saturated carbocycles. The Kier molecular flexibility index (Phi) is 5.22. The first-order valence-corrected chi connectivity index (χ1v) is 8.71. The zero-order chi connectivity index (χ0) is 18.9. The molecule has 2 N–H and O–H groups in total. The van der Waals surface area contributed by atoms with Crippen molar-refractivity contribution in [1.82, 2.24) is 9.80 Å². The van der Waals surface area contributed by atoms with Crippen LogP contribution in [0, 0.1) is 5.92 Å². The molecule has 26 heavy (non-hydrogen) atoms. The number of nitrogens with two attached hydrogens (primary N) is 1. The summed E-state index contributed by atoms with van der Waals surface area (Å²) in [6, 6.07) is 5.16. The average Bonchev–Trinajstić information content (AvgIpc) is 2.53. The highest BCUT2D eigenvalue weighted by molar-refractivity contribution is 5.79. The van der Waals surface area contributed by atoms with E-state index < -0.39 is 11.7 Å². The first-order chi connectivity index (χ1) is 12.2. The van der Waals surface area contributed by atoms with Crippen LogP contribution in [0.25, 0.3) is 0 Å². The van der Waals surface area contributed by atoms with Crippen LogP contribution in [0.15, 0.2) is 24.3 Å². The van der Waals surface area contributed by atoms with Gasteiger partial charge in [0.05, 0.1) is 12.0 Å². The molecule has 2 heterocycles. The van der Waals surface area contributed by atoms with Crippen LogP contribution in [-0.2, 0) is 22.2 Å². The predicted octanol–water partition coefficient (Wildman–Crippen LogP) is 1.66. The standard InChI is InChI=1S/C18H22F3N3O2/c19-18(20,21)14-3-1-2-12(8-14)9-16(25)24-10-15(11-24)23-6-4-13(5-7-23)17(22)26/h1-3,8,13,15H,4-7,9-11H2,(H2,22,26). The number of carbonyl (C=O) groups is 2. The maximum Gasteiger partial charge on any atom is 0.416 e. The van der Waals surface area contributed by atoms with Gasteiger partial charge in [0.2, 0.25) is 11.8 Å². The average molecular weight is 369 g/mol. The molecular formula is C18H22F3N3O2. The van der Waals surface area contributed by atoms with E-state index in [1.165, 1.54) is 6.07 Å². The molecule has 0 unspecified atom stereocenters. The van der Waals surface area contributed by atoms with Gasteiger partial charge >= 0.3 is 6.18 Å². The lowest BCUT2D eigenvalue weighted by molar-refractivity contribution is -0.139. The topological polar surface area (TPSA) is 66.6 Å². The van der Waals surface area contributed by atoms with E-state index >= 15 is 0 Å². The fraction of sp³-hybridized carbons (Fsp3) is 0.556. The predicted molar refractivity (Wildman–Crippen MR) is 89.0 cm³/mol. The lowest BCUT2D eigenvalue weighted by Gasteiger charge is -2.47. The second-order valence-corrected chi connectivity index (χ2v) is 7.04. The largest absolute Gasteiger partial charge is 0.416 e. The molecule has 142 valence electrons. The van der Waals surface area contributed by atoms with Gasteiger partial charge in [0.15, 0.2) is 0 Å². The van der Waals surface area contributed by atoms with Crippen molar-refractivity contribution in [2.45, 2.75) is 31.5 Å². The van der Waals surface area contributed by atoms with Gasteiger partial charge in [0.25, 0.3) is 0 Å². The number of benzene rings is 1. The second-order valence-electron chi connectivity index (χ2n) is 7.04. The van der Waals surface area contributed by atoms with Gasteiger partial charge in [-0.15, -0.1) is 0 Å². The van der Waals surface area contributed by atoms with E-state index in [-0.39, 0.29) is 30.2 Å². The number of likely N-dealkylation sites (tertiary alicyclic amines) is 2. The number of rotatable bonds is 4.